The molecule has 2 rings (SSSR count). The average molecular weight is 318 g/mol. The maximum absolute atomic E-state index is 14.0. The lowest BCUT2D eigenvalue weighted by atomic mass is 10.0. The fraction of sp³-hybridized carbons (Fsp3) is 0.533. The van der Waals surface area contributed by atoms with Crippen molar-refractivity contribution in [1.29, 1.82) is 0 Å². The Balaban J connectivity index is 2.04. The summed E-state index contributed by atoms with van der Waals surface area (Å²) in [7, 11) is 0. The standard InChI is InChI=1S/C15H18ClF2NO2/c1-10-2-3-12(17)13(14(10)18)15(20)19-7-4-11(5-8-19)21-9-6-16/h2-3,11H,4-9H2,1H3. The number of benzene rings is 1. The van der Waals surface area contributed by atoms with Crippen LogP contribution in [0, 0.1) is 18.6 Å². The van der Waals surface area contributed by atoms with Crippen molar-refractivity contribution < 1.29 is 18.3 Å². The molecule has 116 valence electrons. The predicted molar refractivity (Wildman–Crippen MR) is 76.7 cm³/mol. The minimum absolute atomic E-state index is 0.0556. The molecule has 1 saturated heterocycles. The number of hydrogen-bond donors (Lipinski definition) is 0. The molecule has 0 radical (unpaired) electrons. The van der Waals surface area contributed by atoms with Gasteiger partial charge >= 0.3 is 0 Å². The molecule has 1 aromatic rings. The van der Waals surface area contributed by atoms with Gasteiger partial charge in [-0.05, 0) is 31.4 Å². The van der Waals surface area contributed by atoms with E-state index >= 15 is 0 Å². The lowest BCUT2D eigenvalue weighted by molar-refractivity contribution is 0.0151. The van der Waals surface area contributed by atoms with E-state index < -0.39 is 23.1 Å². The summed E-state index contributed by atoms with van der Waals surface area (Å²) in [5.41, 5.74) is -0.199. The summed E-state index contributed by atoms with van der Waals surface area (Å²) in [6.45, 7) is 2.84. The smallest absolute Gasteiger partial charge is 0.259 e. The number of carbonyl (C=O) groups is 1. The van der Waals surface area contributed by atoms with Gasteiger partial charge in [0.05, 0.1) is 12.7 Å². The highest BCUT2D eigenvalue weighted by Crippen LogP contribution is 2.21. The lowest BCUT2D eigenvalue weighted by Gasteiger charge is -2.32. The van der Waals surface area contributed by atoms with Crippen molar-refractivity contribution in [3.63, 3.8) is 0 Å². The molecule has 0 spiro atoms. The zero-order valence-corrected chi connectivity index (χ0v) is 12.6. The zero-order valence-electron chi connectivity index (χ0n) is 11.9. The number of piperidine rings is 1. The first-order valence-electron chi connectivity index (χ1n) is 6.96. The van der Waals surface area contributed by atoms with Gasteiger partial charge in [-0.2, -0.15) is 0 Å². The monoisotopic (exact) mass is 317 g/mol. The van der Waals surface area contributed by atoms with Crippen LogP contribution < -0.4 is 0 Å². The molecule has 0 aliphatic carbocycles. The van der Waals surface area contributed by atoms with Crippen LogP contribution >= 0.6 is 11.6 Å². The molecule has 1 aliphatic heterocycles. The molecule has 1 amide bonds. The summed E-state index contributed by atoms with van der Waals surface area (Å²) in [6, 6.07) is 2.45. The Kier molecular flexibility index (Phi) is 5.53. The van der Waals surface area contributed by atoms with E-state index in [9.17, 15) is 13.6 Å². The van der Waals surface area contributed by atoms with E-state index in [0.29, 0.717) is 38.4 Å². The number of halogens is 3. The Hall–Kier alpha value is -1.20. The summed E-state index contributed by atoms with van der Waals surface area (Å²) in [6.07, 6.45) is 1.36. The second-order valence-electron chi connectivity index (χ2n) is 5.10. The Bertz CT molecular complexity index is 517. The van der Waals surface area contributed by atoms with Crippen molar-refractivity contribution in [2.45, 2.75) is 25.9 Å². The molecule has 1 fully saturated rings. The van der Waals surface area contributed by atoms with E-state index in [1.165, 1.54) is 17.9 Å². The van der Waals surface area contributed by atoms with Crippen LogP contribution in [0.15, 0.2) is 12.1 Å². The Morgan fingerprint density at radius 2 is 2.05 bits per heavy atom. The third kappa shape index (κ3) is 3.71. The quantitative estimate of drug-likeness (QED) is 0.799. The van der Waals surface area contributed by atoms with Crippen LogP contribution in [0.25, 0.3) is 0 Å². The van der Waals surface area contributed by atoms with Crippen molar-refractivity contribution in [3.8, 4) is 0 Å². The van der Waals surface area contributed by atoms with Gasteiger partial charge in [-0.1, -0.05) is 6.07 Å². The minimum Gasteiger partial charge on any atom is -0.377 e. The first-order chi connectivity index (χ1) is 10.0. The maximum Gasteiger partial charge on any atom is 0.259 e. The molecule has 1 heterocycles. The summed E-state index contributed by atoms with van der Waals surface area (Å²) < 4.78 is 33.3. The first kappa shape index (κ1) is 16.2. The van der Waals surface area contributed by atoms with Gasteiger partial charge in [-0.25, -0.2) is 8.78 Å². The van der Waals surface area contributed by atoms with Crippen molar-refractivity contribution in [2.24, 2.45) is 0 Å². The number of likely N-dealkylation sites (tertiary alicyclic amines) is 1. The molecule has 1 aromatic carbocycles. The number of hydrogen-bond acceptors (Lipinski definition) is 2. The number of amides is 1. The van der Waals surface area contributed by atoms with Crippen LogP contribution in [-0.2, 0) is 4.74 Å². The average Bonchev–Trinajstić information content (AvgIpc) is 2.49. The van der Waals surface area contributed by atoms with Crippen LogP contribution in [0.4, 0.5) is 8.78 Å². The first-order valence-corrected chi connectivity index (χ1v) is 7.49. The fourth-order valence-corrected chi connectivity index (χ4v) is 2.54. The van der Waals surface area contributed by atoms with Crippen LogP contribution in [0.2, 0.25) is 0 Å². The van der Waals surface area contributed by atoms with E-state index in [-0.39, 0.29) is 11.7 Å². The number of nitrogens with zero attached hydrogens (tertiary/aromatic N) is 1. The Morgan fingerprint density at radius 1 is 1.38 bits per heavy atom. The van der Waals surface area contributed by atoms with Gasteiger partial charge in [0.25, 0.3) is 5.91 Å². The van der Waals surface area contributed by atoms with Gasteiger partial charge in [-0.3, -0.25) is 4.79 Å². The molecule has 0 aromatic heterocycles. The van der Waals surface area contributed by atoms with E-state index in [4.69, 9.17) is 16.3 Å². The van der Waals surface area contributed by atoms with E-state index in [1.54, 1.807) is 0 Å². The van der Waals surface area contributed by atoms with Crippen LogP contribution in [0.3, 0.4) is 0 Å². The maximum atomic E-state index is 14.0. The zero-order chi connectivity index (χ0) is 15.4. The highest BCUT2D eigenvalue weighted by atomic mass is 35.5. The summed E-state index contributed by atoms with van der Waals surface area (Å²) >= 11 is 5.56. The highest BCUT2D eigenvalue weighted by molar-refractivity contribution is 6.17. The molecular weight excluding hydrogens is 300 g/mol. The second kappa shape index (κ2) is 7.18. The summed E-state index contributed by atoms with van der Waals surface area (Å²) in [5.74, 6) is -1.76. The largest absolute Gasteiger partial charge is 0.377 e. The van der Waals surface area contributed by atoms with Crippen LogP contribution in [-0.4, -0.2) is 42.5 Å². The molecule has 3 nitrogen and oxygen atoms in total. The number of carbonyl (C=O) groups excluding carboxylic acids is 1. The molecule has 6 heteroatoms. The molecular formula is C15H18ClF2NO2. The van der Waals surface area contributed by atoms with Crippen molar-refractivity contribution in [3.05, 3.63) is 34.9 Å². The van der Waals surface area contributed by atoms with Gasteiger partial charge in [0.1, 0.15) is 17.2 Å². The third-order valence-corrected chi connectivity index (χ3v) is 3.81. The number of rotatable bonds is 4. The van der Waals surface area contributed by atoms with Crippen molar-refractivity contribution in [1.82, 2.24) is 4.90 Å². The topological polar surface area (TPSA) is 29.5 Å². The van der Waals surface area contributed by atoms with E-state index in [0.717, 1.165) is 6.07 Å². The molecule has 0 atom stereocenters. The highest BCUT2D eigenvalue weighted by Gasteiger charge is 2.28. The SMILES string of the molecule is Cc1ccc(F)c(C(=O)N2CCC(OCCCl)CC2)c1F. The van der Waals surface area contributed by atoms with E-state index in [1.807, 2.05) is 0 Å². The van der Waals surface area contributed by atoms with Gasteiger partial charge < -0.3 is 9.64 Å². The molecule has 21 heavy (non-hydrogen) atoms. The molecule has 0 saturated carbocycles. The van der Waals surface area contributed by atoms with Crippen LogP contribution in [0.5, 0.6) is 0 Å². The van der Waals surface area contributed by atoms with Gasteiger partial charge in [-0.15, -0.1) is 11.6 Å². The number of aryl methyl sites for hydroxylation is 1. The Morgan fingerprint density at radius 3 is 2.67 bits per heavy atom. The molecule has 1 aliphatic rings. The molecule has 0 bridgehead atoms. The van der Waals surface area contributed by atoms with E-state index in [2.05, 4.69) is 0 Å². The summed E-state index contributed by atoms with van der Waals surface area (Å²) in [5, 5.41) is 0. The van der Waals surface area contributed by atoms with Crippen molar-refractivity contribution >= 4 is 17.5 Å². The van der Waals surface area contributed by atoms with Crippen LogP contribution in [0.1, 0.15) is 28.8 Å². The van der Waals surface area contributed by atoms with Gasteiger partial charge in [0.2, 0.25) is 0 Å². The normalized spacial score (nSPS) is 16.3. The second-order valence-corrected chi connectivity index (χ2v) is 5.48. The Labute approximate surface area is 127 Å². The van der Waals surface area contributed by atoms with Crippen molar-refractivity contribution in [2.75, 3.05) is 25.6 Å². The fourth-order valence-electron chi connectivity index (χ4n) is 2.45. The number of alkyl halides is 1. The molecule has 0 unspecified atom stereocenters. The third-order valence-electron chi connectivity index (χ3n) is 3.66. The predicted octanol–water partition coefficient (Wildman–Crippen LogP) is 3.13. The van der Waals surface area contributed by atoms with Gasteiger partial charge in [0.15, 0.2) is 0 Å². The molecule has 0 N–H and O–H groups in total. The van der Waals surface area contributed by atoms with Gasteiger partial charge in [0, 0.05) is 19.0 Å². The lowest BCUT2D eigenvalue weighted by Crippen LogP contribution is -2.41. The number of ether oxygens (including phenoxy) is 1. The summed E-state index contributed by atoms with van der Waals surface area (Å²) in [4.78, 5) is 13.8. The minimum atomic E-state index is -0.816.